The lowest BCUT2D eigenvalue weighted by molar-refractivity contribution is -0.137. The monoisotopic (exact) mass is 543 g/mol. The van der Waals surface area contributed by atoms with Crippen LogP contribution in [0.15, 0.2) is 158 Å². The van der Waals surface area contributed by atoms with E-state index < -0.39 is 22.6 Å². The van der Waals surface area contributed by atoms with Crippen LogP contribution in [0.3, 0.4) is 0 Å². The van der Waals surface area contributed by atoms with Crippen LogP contribution in [0.1, 0.15) is 21.5 Å². The average molecular weight is 544 g/mol. The quantitative estimate of drug-likeness (QED) is 0.150. The Balaban J connectivity index is 1.48. The van der Waals surface area contributed by atoms with Gasteiger partial charge in [0.2, 0.25) is 0 Å². The van der Waals surface area contributed by atoms with Gasteiger partial charge in [-0.1, -0.05) is 60.3 Å². The van der Waals surface area contributed by atoms with Crippen LogP contribution >= 0.6 is 11.8 Å². The van der Waals surface area contributed by atoms with Gasteiger partial charge in [-0.25, -0.2) is 0 Å². The van der Waals surface area contributed by atoms with Crippen LogP contribution in [0.5, 0.6) is 0 Å². The zero-order valence-electron chi connectivity index (χ0n) is 20.1. The van der Waals surface area contributed by atoms with Crippen molar-refractivity contribution in [2.45, 2.75) is 30.7 Å². The summed E-state index contributed by atoms with van der Waals surface area (Å²) in [4.78, 5) is 17.7. The van der Waals surface area contributed by atoms with Gasteiger partial charge in [-0.2, -0.15) is 13.2 Å². The summed E-state index contributed by atoms with van der Waals surface area (Å²) in [5.74, 6) is -0.0751. The predicted molar refractivity (Wildman–Crippen MR) is 147 cm³/mol. The smallest absolute Gasteiger partial charge is 0.289 e. The molecule has 188 valence electrons. The SMILES string of the molecule is O=C(c1ccccc1)c1ccc([S+](c2ccc(Sc3ccccc3)cc2)c2ccc(C(F)(F)F)cc2)cc1. The third kappa shape index (κ3) is 6.04. The molecule has 1 atom stereocenters. The van der Waals surface area contributed by atoms with Crippen LogP contribution in [0, 0.1) is 0 Å². The summed E-state index contributed by atoms with van der Waals surface area (Å²) in [6, 6.07) is 39.9. The first-order valence-corrected chi connectivity index (χ1v) is 13.9. The summed E-state index contributed by atoms with van der Waals surface area (Å²) in [5, 5.41) is 0. The van der Waals surface area contributed by atoms with E-state index in [2.05, 4.69) is 0 Å². The first kappa shape index (κ1) is 25.9. The largest absolute Gasteiger partial charge is 0.416 e. The Morgan fingerprint density at radius 1 is 0.526 bits per heavy atom. The van der Waals surface area contributed by atoms with Gasteiger partial charge in [0.15, 0.2) is 20.5 Å². The summed E-state index contributed by atoms with van der Waals surface area (Å²) >= 11 is 1.65. The summed E-state index contributed by atoms with van der Waals surface area (Å²) in [5.41, 5.74) is 0.488. The number of carbonyl (C=O) groups excluding carboxylic acids is 1. The molecule has 0 radical (unpaired) electrons. The number of alkyl halides is 3. The number of ketones is 1. The molecule has 0 heterocycles. The Labute approximate surface area is 226 Å². The van der Waals surface area contributed by atoms with Crippen molar-refractivity contribution in [3.8, 4) is 0 Å². The van der Waals surface area contributed by atoms with E-state index >= 15 is 0 Å². The predicted octanol–water partition coefficient (Wildman–Crippen LogP) is 9.18. The molecule has 0 N–H and O–H groups in total. The lowest BCUT2D eigenvalue weighted by Crippen LogP contribution is -2.08. The number of hydrogen-bond acceptors (Lipinski definition) is 2. The molecule has 5 rings (SSSR count). The maximum absolute atomic E-state index is 13.2. The molecule has 0 aliphatic heterocycles. The Morgan fingerprint density at radius 3 is 1.47 bits per heavy atom. The van der Waals surface area contributed by atoms with Gasteiger partial charge in [-0.3, -0.25) is 4.79 Å². The van der Waals surface area contributed by atoms with E-state index in [0.29, 0.717) is 11.1 Å². The third-order valence-electron chi connectivity index (χ3n) is 5.84. The zero-order valence-corrected chi connectivity index (χ0v) is 21.7. The Kier molecular flexibility index (Phi) is 7.72. The molecular formula is C32H22F3OS2+. The first-order valence-electron chi connectivity index (χ1n) is 11.8. The van der Waals surface area contributed by atoms with Gasteiger partial charge in [0.25, 0.3) is 0 Å². The highest BCUT2D eigenvalue weighted by Gasteiger charge is 2.33. The summed E-state index contributed by atoms with van der Waals surface area (Å²) in [6.45, 7) is 0. The van der Waals surface area contributed by atoms with Crippen LogP contribution in [-0.2, 0) is 17.1 Å². The minimum atomic E-state index is -4.40. The third-order valence-corrected chi connectivity index (χ3v) is 9.09. The van der Waals surface area contributed by atoms with Gasteiger partial charge < -0.3 is 0 Å². The molecule has 0 aromatic heterocycles. The average Bonchev–Trinajstić information content (AvgIpc) is 2.95. The summed E-state index contributed by atoms with van der Waals surface area (Å²) < 4.78 is 39.7. The fourth-order valence-electron chi connectivity index (χ4n) is 3.96. The molecule has 0 bridgehead atoms. The number of benzene rings is 5. The topological polar surface area (TPSA) is 17.1 Å². The van der Waals surface area contributed by atoms with E-state index in [4.69, 9.17) is 0 Å². The second-order valence-electron chi connectivity index (χ2n) is 8.43. The molecule has 5 aromatic rings. The van der Waals surface area contributed by atoms with Crippen molar-refractivity contribution in [3.63, 3.8) is 0 Å². The molecule has 1 nitrogen and oxygen atoms in total. The summed E-state index contributed by atoms with van der Waals surface area (Å²) in [6.07, 6.45) is -4.40. The molecule has 5 aromatic carbocycles. The van der Waals surface area contributed by atoms with Gasteiger partial charge in [0, 0.05) is 20.9 Å². The number of carbonyl (C=O) groups is 1. The van der Waals surface area contributed by atoms with Crippen LogP contribution in [0.2, 0.25) is 0 Å². The van der Waals surface area contributed by atoms with E-state index in [-0.39, 0.29) is 5.78 Å². The van der Waals surface area contributed by atoms with E-state index in [1.165, 1.54) is 0 Å². The lowest BCUT2D eigenvalue weighted by Gasteiger charge is -2.11. The molecule has 6 heteroatoms. The molecule has 0 saturated carbocycles. The van der Waals surface area contributed by atoms with Gasteiger partial charge in [-0.15, -0.1) is 0 Å². The number of rotatable bonds is 7. The van der Waals surface area contributed by atoms with E-state index in [0.717, 1.165) is 36.6 Å². The van der Waals surface area contributed by atoms with Crippen LogP contribution in [-0.4, -0.2) is 5.78 Å². The number of halogens is 3. The van der Waals surface area contributed by atoms with Crippen molar-refractivity contribution in [3.05, 3.63) is 150 Å². The highest BCUT2D eigenvalue weighted by atomic mass is 32.2. The molecule has 0 saturated heterocycles. The molecule has 0 aliphatic carbocycles. The fourth-order valence-corrected chi connectivity index (χ4v) is 6.83. The number of hydrogen-bond donors (Lipinski definition) is 0. The maximum atomic E-state index is 13.2. The standard InChI is InChI=1S/C32H22F3OS2/c33-32(34,35)25-13-19-29(20-14-25)38(30-21-15-27(16-22-30)37-26-9-5-2-6-10-26)28-17-11-24(12-18-28)31(36)23-7-3-1-4-8-23/h1-22H/q+1. The first-order chi connectivity index (χ1) is 18.4. The Bertz CT molecular complexity index is 1500. The highest BCUT2D eigenvalue weighted by molar-refractivity contribution is 7.99. The normalized spacial score (nSPS) is 12.2. The van der Waals surface area contributed by atoms with Gasteiger partial charge in [0.05, 0.1) is 16.5 Å². The van der Waals surface area contributed by atoms with Gasteiger partial charge >= 0.3 is 6.18 Å². The van der Waals surface area contributed by atoms with Crippen molar-refractivity contribution >= 4 is 28.4 Å². The van der Waals surface area contributed by atoms with Crippen molar-refractivity contribution in [2.24, 2.45) is 0 Å². The van der Waals surface area contributed by atoms with E-state index in [1.807, 2.05) is 84.9 Å². The minimum Gasteiger partial charge on any atom is -0.289 e. The van der Waals surface area contributed by atoms with Crippen molar-refractivity contribution in [1.82, 2.24) is 0 Å². The molecule has 0 spiro atoms. The molecule has 0 aliphatic rings. The Hall–Kier alpha value is -3.74. The van der Waals surface area contributed by atoms with E-state index in [9.17, 15) is 18.0 Å². The fraction of sp³-hybridized carbons (Fsp3) is 0.0312. The maximum Gasteiger partial charge on any atom is 0.416 e. The van der Waals surface area contributed by atoms with Crippen molar-refractivity contribution < 1.29 is 18.0 Å². The van der Waals surface area contributed by atoms with Crippen molar-refractivity contribution in [2.75, 3.05) is 0 Å². The zero-order chi connectivity index (χ0) is 26.5. The van der Waals surface area contributed by atoms with Gasteiger partial charge in [-0.05, 0) is 84.9 Å². The molecule has 0 amide bonds. The van der Waals surface area contributed by atoms with Crippen LogP contribution in [0.25, 0.3) is 0 Å². The second-order valence-corrected chi connectivity index (χ2v) is 11.6. The minimum absolute atomic E-state index is 0.0751. The molecule has 0 fully saturated rings. The Morgan fingerprint density at radius 2 is 0.947 bits per heavy atom. The van der Waals surface area contributed by atoms with E-state index in [1.54, 1.807) is 48.2 Å². The molecular weight excluding hydrogens is 521 g/mol. The molecule has 1 unspecified atom stereocenters. The highest BCUT2D eigenvalue weighted by Crippen LogP contribution is 2.36. The van der Waals surface area contributed by atoms with Crippen molar-refractivity contribution in [1.29, 1.82) is 0 Å². The van der Waals surface area contributed by atoms with Gasteiger partial charge in [0.1, 0.15) is 0 Å². The van der Waals surface area contributed by atoms with Crippen LogP contribution in [0.4, 0.5) is 13.2 Å². The molecule has 38 heavy (non-hydrogen) atoms. The summed E-state index contributed by atoms with van der Waals surface area (Å²) in [7, 11) is -0.658. The van der Waals surface area contributed by atoms with Crippen LogP contribution < -0.4 is 0 Å². The second kappa shape index (κ2) is 11.3. The lowest BCUT2D eigenvalue weighted by atomic mass is 10.0.